The van der Waals surface area contributed by atoms with Crippen LogP contribution < -0.4 is 0 Å². The van der Waals surface area contributed by atoms with Crippen molar-refractivity contribution in [2.24, 2.45) is 0 Å². The summed E-state index contributed by atoms with van der Waals surface area (Å²) in [5.41, 5.74) is 0.262. The van der Waals surface area contributed by atoms with E-state index in [1.54, 1.807) is 12.1 Å². The van der Waals surface area contributed by atoms with Crippen LogP contribution in [0.3, 0.4) is 0 Å². The highest BCUT2D eigenvalue weighted by molar-refractivity contribution is 5.87. The fraction of sp³-hybridized carbons (Fsp3) is 0.333. The molecule has 0 aliphatic heterocycles. The van der Waals surface area contributed by atoms with Crippen LogP contribution in [0.2, 0.25) is 0 Å². The zero-order chi connectivity index (χ0) is 14.8. The van der Waals surface area contributed by atoms with Crippen LogP contribution in [0.1, 0.15) is 17.5 Å². The van der Waals surface area contributed by atoms with E-state index < -0.39 is 17.6 Å². The van der Waals surface area contributed by atoms with Gasteiger partial charge in [-0.2, -0.15) is 0 Å². The standard InChI is InChI=1S/C15H17NO4/c1-3-10-20-14(19)16(2)15(13(17)18)9-8-11-6-4-5-7-12(11)15/h3-7H,1,8-10H2,2H3,(H,17,18). The van der Waals surface area contributed by atoms with Crippen LogP contribution in [0.25, 0.3) is 0 Å². The molecule has 0 aromatic heterocycles. The maximum atomic E-state index is 12.0. The molecule has 1 aromatic carbocycles. The molecule has 0 radical (unpaired) electrons. The first-order valence-corrected chi connectivity index (χ1v) is 6.37. The molecule has 2 rings (SSSR count). The first-order chi connectivity index (χ1) is 9.54. The monoisotopic (exact) mass is 275 g/mol. The van der Waals surface area contributed by atoms with Gasteiger partial charge in [0.25, 0.3) is 0 Å². The Morgan fingerprint density at radius 1 is 1.50 bits per heavy atom. The minimum Gasteiger partial charge on any atom is -0.479 e. The number of rotatable bonds is 4. The Kier molecular flexibility index (Phi) is 3.79. The van der Waals surface area contributed by atoms with Gasteiger partial charge >= 0.3 is 12.1 Å². The summed E-state index contributed by atoms with van der Waals surface area (Å²) in [5.74, 6) is -1.04. The quantitative estimate of drug-likeness (QED) is 0.855. The molecular formula is C15H17NO4. The zero-order valence-electron chi connectivity index (χ0n) is 11.3. The van der Waals surface area contributed by atoms with Crippen molar-refractivity contribution < 1.29 is 19.4 Å². The molecule has 0 heterocycles. The van der Waals surface area contributed by atoms with Gasteiger partial charge in [-0.1, -0.05) is 36.9 Å². The average Bonchev–Trinajstić information content (AvgIpc) is 2.84. The summed E-state index contributed by atoms with van der Waals surface area (Å²) in [7, 11) is 1.46. The van der Waals surface area contributed by atoms with Gasteiger partial charge in [0.05, 0.1) is 0 Å². The van der Waals surface area contributed by atoms with Crippen molar-refractivity contribution in [1.29, 1.82) is 0 Å². The second-order valence-electron chi connectivity index (χ2n) is 4.75. The molecule has 5 nitrogen and oxygen atoms in total. The summed E-state index contributed by atoms with van der Waals surface area (Å²) in [4.78, 5) is 25.0. The number of carbonyl (C=O) groups is 2. The van der Waals surface area contributed by atoms with E-state index in [4.69, 9.17) is 4.74 Å². The van der Waals surface area contributed by atoms with Crippen LogP contribution >= 0.6 is 0 Å². The third-order valence-corrected chi connectivity index (χ3v) is 3.74. The number of amides is 1. The maximum Gasteiger partial charge on any atom is 0.411 e. The number of fused-ring (bicyclic) bond motifs is 1. The Labute approximate surface area is 117 Å². The minimum atomic E-state index is -1.35. The maximum absolute atomic E-state index is 12.0. The van der Waals surface area contributed by atoms with E-state index in [-0.39, 0.29) is 6.61 Å². The number of carboxylic acid groups (broad SMARTS) is 1. The van der Waals surface area contributed by atoms with Crippen LogP contribution in [0.4, 0.5) is 4.79 Å². The lowest BCUT2D eigenvalue weighted by Gasteiger charge is -2.34. The normalized spacial score (nSPS) is 20.1. The highest BCUT2D eigenvalue weighted by Crippen LogP contribution is 2.41. The third-order valence-electron chi connectivity index (χ3n) is 3.74. The Hall–Kier alpha value is -2.30. The summed E-state index contributed by atoms with van der Waals surface area (Å²) in [6, 6.07) is 7.30. The fourth-order valence-electron chi connectivity index (χ4n) is 2.69. The number of carbonyl (C=O) groups excluding carboxylic acids is 1. The average molecular weight is 275 g/mol. The van der Waals surface area contributed by atoms with Crippen molar-refractivity contribution >= 4 is 12.1 Å². The summed E-state index contributed by atoms with van der Waals surface area (Å²) >= 11 is 0. The molecule has 1 aromatic rings. The molecule has 5 heteroatoms. The third kappa shape index (κ3) is 2.05. The largest absolute Gasteiger partial charge is 0.479 e. The molecule has 1 amide bonds. The van der Waals surface area contributed by atoms with Gasteiger partial charge in [-0.15, -0.1) is 0 Å². The number of hydrogen-bond donors (Lipinski definition) is 1. The number of hydrogen-bond acceptors (Lipinski definition) is 3. The van der Waals surface area contributed by atoms with Gasteiger partial charge in [-0.3, -0.25) is 4.90 Å². The molecule has 0 spiro atoms. The van der Waals surface area contributed by atoms with Gasteiger partial charge < -0.3 is 9.84 Å². The second kappa shape index (κ2) is 5.36. The first kappa shape index (κ1) is 14.1. The number of ether oxygens (including phenoxy) is 1. The number of likely N-dealkylation sites (N-methyl/N-ethyl adjacent to an activating group) is 1. The van der Waals surface area contributed by atoms with Crippen molar-refractivity contribution in [1.82, 2.24) is 4.90 Å². The number of nitrogens with zero attached hydrogens (tertiary/aromatic N) is 1. The first-order valence-electron chi connectivity index (χ1n) is 6.37. The fourth-order valence-corrected chi connectivity index (χ4v) is 2.69. The number of benzene rings is 1. The van der Waals surface area contributed by atoms with Crippen molar-refractivity contribution in [3.05, 3.63) is 48.0 Å². The Balaban J connectivity index is 2.40. The van der Waals surface area contributed by atoms with Crippen LogP contribution in [-0.2, 0) is 21.5 Å². The number of aryl methyl sites for hydroxylation is 1. The molecule has 1 unspecified atom stereocenters. The topological polar surface area (TPSA) is 66.8 Å². The SMILES string of the molecule is C=CCOC(=O)N(C)C1(C(=O)O)CCc2ccccc21. The Morgan fingerprint density at radius 2 is 2.20 bits per heavy atom. The van der Waals surface area contributed by atoms with Crippen LogP contribution in [0.5, 0.6) is 0 Å². The number of aliphatic carboxylic acids is 1. The molecule has 0 saturated carbocycles. The predicted molar refractivity (Wildman–Crippen MR) is 73.4 cm³/mol. The highest BCUT2D eigenvalue weighted by Gasteiger charge is 2.51. The van der Waals surface area contributed by atoms with E-state index in [1.165, 1.54) is 18.0 Å². The summed E-state index contributed by atoms with van der Waals surface area (Å²) < 4.78 is 4.96. The lowest BCUT2D eigenvalue weighted by atomic mass is 9.90. The lowest BCUT2D eigenvalue weighted by Crippen LogP contribution is -2.51. The van der Waals surface area contributed by atoms with E-state index in [0.29, 0.717) is 18.4 Å². The van der Waals surface area contributed by atoms with Gasteiger partial charge in [-0.05, 0) is 24.0 Å². The van der Waals surface area contributed by atoms with Crippen LogP contribution in [0.15, 0.2) is 36.9 Å². The van der Waals surface area contributed by atoms with Crippen molar-refractivity contribution in [2.45, 2.75) is 18.4 Å². The molecule has 1 aliphatic carbocycles. The van der Waals surface area contributed by atoms with Gasteiger partial charge in [0.1, 0.15) is 6.61 Å². The Bertz CT molecular complexity index is 555. The van der Waals surface area contributed by atoms with Crippen LogP contribution in [0, 0.1) is 0 Å². The Morgan fingerprint density at radius 3 is 2.85 bits per heavy atom. The molecule has 0 bridgehead atoms. The van der Waals surface area contributed by atoms with Crippen LogP contribution in [-0.4, -0.2) is 35.7 Å². The molecule has 0 saturated heterocycles. The smallest absolute Gasteiger partial charge is 0.411 e. The summed E-state index contributed by atoms with van der Waals surface area (Å²) in [6.45, 7) is 3.52. The lowest BCUT2D eigenvalue weighted by molar-refractivity contribution is -0.150. The molecule has 106 valence electrons. The van der Waals surface area contributed by atoms with E-state index in [9.17, 15) is 14.7 Å². The molecule has 1 atom stereocenters. The van der Waals surface area contributed by atoms with Gasteiger partial charge in [-0.25, -0.2) is 9.59 Å². The van der Waals surface area contributed by atoms with Gasteiger partial charge in [0.2, 0.25) is 0 Å². The van der Waals surface area contributed by atoms with Crippen molar-refractivity contribution in [2.75, 3.05) is 13.7 Å². The van der Waals surface area contributed by atoms with Crippen molar-refractivity contribution in [3.63, 3.8) is 0 Å². The molecule has 1 aliphatic rings. The molecule has 20 heavy (non-hydrogen) atoms. The van der Waals surface area contributed by atoms with E-state index >= 15 is 0 Å². The van der Waals surface area contributed by atoms with E-state index in [2.05, 4.69) is 6.58 Å². The summed E-state index contributed by atoms with van der Waals surface area (Å²) in [6.07, 6.45) is 1.76. The summed E-state index contributed by atoms with van der Waals surface area (Å²) in [5, 5.41) is 9.69. The van der Waals surface area contributed by atoms with Gasteiger partial charge in [0.15, 0.2) is 5.54 Å². The predicted octanol–water partition coefficient (Wildman–Crippen LogP) is 2.17. The molecular weight excluding hydrogens is 258 g/mol. The minimum absolute atomic E-state index is 0.0561. The van der Waals surface area contributed by atoms with Crippen molar-refractivity contribution in [3.8, 4) is 0 Å². The second-order valence-corrected chi connectivity index (χ2v) is 4.75. The highest BCUT2D eigenvalue weighted by atomic mass is 16.6. The van der Waals surface area contributed by atoms with E-state index in [1.807, 2.05) is 12.1 Å². The van der Waals surface area contributed by atoms with Gasteiger partial charge in [0, 0.05) is 7.05 Å². The zero-order valence-corrected chi connectivity index (χ0v) is 11.3. The molecule has 1 N–H and O–H groups in total. The van der Waals surface area contributed by atoms with E-state index in [0.717, 1.165) is 5.56 Å². The molecule has 0 fully saturated rings. The number of carboxylic acids is 1.